The molecular formula is C74H56BN3O2. The molecule has 0 spiro atoms. The van der Waals surface area contributed by atoms with Crippen molar-refractivity contribution in [3.05, 3.63) is 242 Å². The summed E-state index contributed by atoms with van der Waals surface area (Å²) in [5, 5.41) is 7.25. The van der Waals surface area contributed by atoms with E-state index in [0.29, 0.717) is 0 Å². The molecule has 0 atom stereocenters. The summed E-state index contributed by atoms with van der Waals surface area (Å²) in [7, 11) is 0. The third-order valence-corrected chi connectivity index (χ3v) is 17.3. The first kappa shape index (κ1) is 46.6. The van der Waals surface area contributed by atoms with Gasteiger partial charge in [-0.2, -0.15) is 0 Å². The van der Waals surface area contributed by atoms with Gasteiger partial charge in [0.15, 0.2) is 0 Å². The quantitative estimate of drug-likeness (QED) is 0.161. The molecule has 0 saturated carbocycles. The number of rotatable bonds is 5. The molecule has 0 unspecified atom stereocenters. The van der Waals surface area contributed by atoms with Gasteiger partial charge >= 0.3 is 0 Å². The van der Waals surface area contributed by atoms with Gasteiger partial charge in [0, 0.05) is 61.3 Å². The predicted octanol–water partition coefficient (Wildman–Crippen LogP) is 17.6. The summed E-state index contributed by atoms with van der Waals surface area (Å²) < 4.78 is 21.4. The van der Waals surface area contributed by atoms with Crippen LogP contribution in [0.15, 0.2) is 231 Å². The molecular weight excluding hydrogens is 974 g/mol. The zero-order valence-corrected chi connectivity index (χ0v) is 45.7. The van der Waals surface area contributed by atoms with Gasteiger partial charge < -0.3 is 23.2 Å². The summed E-state index contributed by atoms with van der Waals surface area (Å²) in [5.74, 6) is 3.41. The van der Waals surface area contributed by atoms with Gasteiger partial charge in [-0.3, -0.25) is 0 Å². The topological polar surface area (TPSA) is 33.2 Å². The molecule has 16 rings (SSSR count). The first-order valence-corrected chi connectivity index (χ1v) is 28.0. The molecule has 0 N–H and O–H groups in total. The molecule has 14 aromatic rings. The first-order chi connectivity index (χ1) is 38.9. The van der Waals surface area contributed by atoms with Crippen LogP contribution in [0.3, 0.4) is 0 Å². The molecule has 80 heavy (non-hydrogen) atoms. The van der Waals surface area contributed by atoms with Crippen molar-refractivity contribution in [2.75, 3.05) is 0 Å². The van der Waals surface area contributed by atoms with Gasteiger partial charge in [-0.15, -0.1) is 0 Å². The molecule has 0 amide bonds. The lowest BCUT2D eigenvalue weighted by molar-refractivity contribution is 0.463. The summed E-state index contributed by atoms with van der Waals surface area (Å²) >= 11 is 0. The van der Waals surface area contributed by atoms with Crippen LogP contribution in [0.4, 0.5) is 0 Å². The van der Waals surface area contributed by atoms with Crippen LogP contribution >= 0.6 is 0 Å². The van der Waals surface area contributed by atoms with Crippen LogP contribution in [0.1, 0.15) is 52.7 Å². The number of hydrogen-bond donors (Lipinski definition) is 0. The normalized spacial score (nSPS) is 13.1. The zero-order valence-electron chi connectivity index (χ0n) is 45.7. The fourth-order valence-electron chi connectivity index (χ4n) is 13.2. The molecule has 11 aromatic carbocycles. The summed E-state index contributed by atoms with van der Waals surface area (Å²) in [4.78, 5) is 0. The van der Waals surface area contributed by atoms with E-state index >= 15 is 0 Å². The van der Waals surface area contributed by atoms with Crippen LogP contribution in [-0.2, 0) is 10.8 Å². The number of fused-ring (bicyclic) bond motifs is 13. The fourth-order valence-corrected chi connectivity index (χ4v) is 13.2. The Balaban J connectivity index is 0.906. The molecule has 0 fully saturated rings. The maximum absolute atomic E-state index is 7.12. The van der Waals surface area contributed by atoms with E-state index in [1.54, 1.807) is 0 Å². The van der Waals surface area contributed by atoms with Crippen LogP contribution in [0, 0.1) is 0 Å². The highest BCUT2D eigenvalue weighted by Gasteiger charge is 2.42. The van der Waals surface area contributed by atoms with Crippen molar-refractivity contribution in [1.29, 1.82) is 0 Å². The highest BCUT2D eigenvalue weighted by molar-refractivity contribution is 6.98. The van der Waals surface area contributed by atoms with Crippen LogP contribution < -0.4 is 25.9 Å². The number of hydrogen-bond acceptors (Lipinski definition) is 2. The minimum atomic E-state index is -0.0625. The number of aromatic nitrogens is 3. The average Bonchev–Trinajstić information content (AvgIpc) is 4.21. The molecule has 0 radical (unpaired) electrons. The van der Waals surface area contributed by atoms with Crippen molar-refractivity contribution in [3.63, 3.8) is 0 Å². The van der Waals surface area contributed by atoms with E-state index in [9.17, 15) is 0 Å². The molecule has 0 saturated heterocycles. The van der Waals surface area contributed by atoms with Crippen molar-refractivity contribution < 1.29 is 9.47 Å². The van der Waals surface area contributed by atoms with Crippen molar-refractivity contribution in [2.24, 2.45) is 0 Å². The summed E-state index contributed by atoms with van der Waals surface area (Å²) in [5.41, 5.74) is 20.8. The molecule has 5 nitrogen and oxygen atoms in total. The fraction of sp³-hybridized carbons (Fsp3) is 0.108. The number of benzene rings is 11. The number of ether oxygens (including phenoxy) is 2. The van der Waals surface area contributed by atoms with Crippen molar-refractivity contribution in [3.8, 4) is 62.3 Å². The Hall–Kier alpha value is -9.52. The monoisotopic (exact) mass is 1030 g/mol. The Labute approximate surface area is 465 Å². The molecule has 0 aliphatic carbocycles. The second kappa shape index (κ2) is 17.0. The lowest BCUT2D eigenvalue weighted by atomic mass is 9.34. The molecule has 2 aliphatic rings. The maximum Gasteiger partial charge on any atom is 0.260 e. The van der Waals surface area contributed by atoms with E-state index in [2.05, 4.69) is 286 Å². The van der Waals surface area contributed by atoms with Gasteiger partial charge in [-0.25, -0.2) is 0 Å². The van der Waals surface area contributed by atoms with Crippen molar-refractivity contribution in [2.45, 2.75) is 52.4 Å². The average molecular weight is 1030 g/mol. The van der Waals surface area contributed by atoms with E-state index < -0.39 is 0 Å². The molecule has 5 heterocycles. The van der Waals surface area contributed by atoms with Gasteiger partial charge in [0.1, 0.15) is 23.0 Å². The highest BCUT2D eigenvalue weighted by Crippen LogP contribution is 2.44. The summed E-state index contributed by atoms with van der Waals surface area (Å²) in [6.07, 6.45) is 0. The van der Waals surface area contributed by atoms with Crippen LogP contribution in [0.2, 0.25) is 0 Å². The molecule has 0 bridgehead atoms. The van der Waals surface area contributed by atoms with Crippen LogP contribution in [0.5, 0.6) is 23.0 Å². The Bertz CT molecular complexity index is 4610. The lowest BCUT2D eigenvalue weighted by Gasteiger charge is -2.35. The molecule has 2 aliphatic heterocycles. The van der Waals surface area contributed by atoms with Gasteiger partial charge in [-0.1, -0.05) is 163 Å². The van der Waals surface area contributed by atoms with Gasteiger partial charge in [0.2, 0.25) is 0 Å². The summed E-state index contributed by atoms with van der Waals surface area (Å²) in [6, 6.07) is 85.0. The summed E-state index contributed by atoms with van der Waals surface area (Å²) in [6.45, 7) is 13.6. The Morgan fingerprint density at radius 2 is 0.625 bits per heavy atom. The number of nitrogens with zero attached hydrogens (tertiary/aromatic N) is 3. The van der Waals surface area contributed by atoms with E-state index in [1.807, 2.05) is 0 Å². The minimum absolute atomic E-state index is 0.0371. The second-order valence-corrected chi connectivity index (χ2v) is 24.1. The maximum atomic E-state index is 7.12. The minimum Gasteiger partial charge on any atom is -0.458 e. The van der Waals surface area contributed by atoms with E-state index in [0.717, 1.165) is 67.7 Å². The molecule has 6 heteroatoms. The van der Waals surface area contributed by atoms with E-state index in [4.69, 9.17) is 9.47 Å². The zero-order chi connectivity index (χ0) is 53.8. The molecule has 382 valence electrons. The predicted molar refractivity (Wildman–Crippen MR) is 335 cm³/mol. The van der Waals surface area contributed by atoms with Gasteiger partial charge in [0.05, 0.1) is 38.8 Å². The third-order valence-electron chi connectivity index (χ3n) is 17.3. The van der Waals surface area contributed by atoms with Gasteiger partial charge in [-0.05, 0) is 152 Å². The molecule has 3 aromatic heterocycles. The number of para-hydroxylation sites is 4. The Morgan fingerprint density at radius 1 is 0.287 bits per heavy atom. The van der Waals surface area contributed by atoms with Gasteiger partial charge in [0.25, 0.3) is 6.71 Å². The van der Waals surface area contributed by atoms with Crippen LogP contribution in [-0.4, -0.2) is 20.4 Å². The van der Waals surface area contributed by atoms with Crippen LogP contribution in [0.25, 0.3) is 105 Å². The first-order valence-electron chi connectivity index (χ1n) is 28.0. The lowest BCUT2D eigenvalue weighted by Crippen LogP contribution is -2.57. The second-order valence-electron chi connectivity index (χ2n) is 24.1. The third kappa shape index (κ3) is 7.04. The van der Waals surface area contributed by atoms with E-state index in [-0.39, 0.29) is 17.5 Å². The Kier molecular flexibility index (Phi) is 9.89. The largest absolute Gasteiger partial charge is 0.458 e. The standard InChI is InChI=1S/C74H56BN3O2/c1-73(2,3)49-29-35-68-60(41-49)75-61-42-50(74(4,5)6)30-36-69(61)80-71-44-53(43-70(79-68)72(71)75)78-66-33-27-47(45-25-31-64-56(37-45)54-21-13-15-23-62(54)76(64)51-17-9-7-10-18-51)39-58(66)59-40-48(28-34-67(59)78)46-26-32-65-57(38-46)55-22-14-16-24-63(55)77(65)52-19-11-8-12-20-52/h7-44H,1-6H3. The van der Waals surface area contributed by atoms with E-state index in [1.165, 1.54) is 87.6 Å². The SMILES string of the molecule is CC(C)(C)c1ccc2c(c1)B1c3cc(C(C)(C)C)ccc3Oc3cc(-n4c5ccc(-c6ccc7c(c6)c6ccccc6n7-c6ccccc6)cc5c5cc(-c6ccc7c(c6)c6ccccc6n7-c6ccccc6)ccc54)cc(c31)O2. The smallest absolute Gasteiger partial charge is 0.260 e. The highest BCUT2D eigenvalue weighted by atomic mass is 16.5. The Morgan fingerprint density at radius 3 is 1.01 bits per heavy atom. The van der Waals surface area contributed by atoms with Crippen molar-refractivity contribution >= 4 is 88.5 Å². The van der Waals surface area contributed by atoms with Crippen molar-refractivity contribution in [1.82, 2.24) is 13.7 Å².